The summed E-state index contributed by atoms with van der Waals surface area (Å²) in [7, 11) is 0. The van der Waals surface area contributed by atoms with E-state index in [-0.39, 0.29) is 11.7 Å². The van der Waals surface area contributed by atoms with Crippen molar-refractivity contribution in [2.75, 3.05) is 44.7 Å². The van der Waals surface area contributed by atoms with Gasteiger partial charge in [0.25, 0.3) is 5.91 Å². The molecule has 2 aliphatic heterocycles. The van der Waals surface area contributed by atoms with Crippen LogP contribution in [0.4, 0.5) is 10.1 Å². The van der Waals surface area contributed by atoms with E-state index in [2.05, 4.69) is 26.1 Å². The van der Waals surface area contributed by atoms with E-state index >= 15 is 0 Å². The summed E-state index contributed by atoms with van der Waals surface area (Å²) in [5.41, 5.74) is 1.82. The summed E-state index contributed by atoms with van der Waals surface area (Å²) in [6, 6.07) is 12.2. The minimum Gasteiger partial charge on any atom is -0.379 e. The molecule has 4 rings (SSSR count). The number of para-hydroxylation sites is 1. The molecule has 0 spiro atoms. The van der Waals surface area contributed by atoms with Gasteiger partial charge in [0.05, 0.1) is 18.8 Å². The number of carbonyl (C=O) groups excluding carboxylic acids is 1. The Balaban J connectivity index is 1.58. The third-order valence-electron chi connectivity index (χ3n) is 5.25. The standard InChI is InChI=1S/C21H23BrFN3O2/c22-15-6-7-18(23)17(14-15)20-24-19-5-2-1-4-16(19)21(27)26(20)9-3-8-25-10-12-28-13-11-25/h1-2,4-7,14,20,24H,3,8-13H2/t20-/m1/s1. The van der Waals surface area contributed by atoms with Crippen LogP contribution in [-0.4, -0.2) is 55.1 Å². The molecule has 0 radical (unpaired) electrons. The molecule has 1 amide bonds. The van der Waals surface area contributed by atoms with Gasteiger partial charge in [0.1, 0.15) is 12.0 Å². The second-order valence-electron chi connectivity index (χ2n) is 7.06. The molecule has 0 unspecified atom stereocenters. The number of benzene rings is 2. The summed E-state index contributed by atoms with van der Waals surface area (Å²) in [6.45, 7) is 4.78. The van der Waals surface area contributed by atoms with Gasteiger partial charge < -0.3 is 15.0 Å². The maximum atomic E-state index is 14.6. The summed E-state index contributed by atoms with van der Waals surface area (Å²) < 4.78 is 20.8. The quantitative estimate of drug-likeness (QED) is 0.755. The first-order valence-electron chi connectivity index (χ1n) is 9.55. The number of carbonyl (C=O) groups is 1. The molecule has 28 heavy (non-hydrogen) atoms. The molecule has 5 nitrogen and oxygen atoms in total. The smallest absolute Gasteiger partial charge is 0.257 e. The van der Waals surface area contributed by atoms with E-state index in [1.54, 1.807) is 17.0 Å². The number of nitrogens with one attached hydrogen (secondary N) is 1. The summed E-state index contributed by atoms with van der Waals surface area (Å²) in [5.74, 6) is -0.397. The lowest BCUT2D eigenvalue weighted by atomic mass is 10.0. The summed E-state index contributed by atoms with van der Waals surface area (Å²) in [6.07, 6.45) is 0.284. The molecular formula is C21H23BrFN3O2. The summed E-state index contributed by atoms with van der Waals surface area (Å²) >= 11 is 3.42. The zero-order valence-corrected chi connectivity index (χ0v) is 17.1. The van der Waals surface area contributed by atoms with Crippen LogP contribution in [0, 0.1) is 5.82 Å². The van der Waals surface area contributed by atoms with Crippen molar-refractivity contribution >= 4 is 27.5 Å². The Hall–Kier alpha value is -1.96. The minimum absolute atomic E-state index is 0.0688. The number of morpholine rings is 1. The van der Waals surface area contributed by atoms with Crippen LogP contribution in [0.1, 0.15) is 28.5 Å². The van der Waals surface area contributed by atoms with Gasteiger partial charge in [-0.15, -0.1) is 0 Å². The largest absolute Gasteiger partial charge is 0.379 e. The molecule has 0 aromatic heterocycles. The van der Waals surface area contributed by atoms with E-state index in [1.165, 1.54) is 6.07 Å². The van der Waals surface area contributed by atoms with Crippen molar-refractivity contribution in [2.24, 2.45) is 0 Å². The van der Waals surface area contributed by atoms with Gasteiger partial charge >= 0.3 is 0 Å². The van der Waals surface area contributed by atoms with Crippen molar-refractivity contribution in [3.8, 4) is 0 Å². The van der Waals surface area contributed by atoms with Crippen LogP contribution in [0.15, 0.2) is 46.9 Å². The number of rotatable bonds is 5. The zero-order chi connectivity index (χ0) is 19.5. The van der Waals surface area contributed by atoms with Gasteiger partial charge in [0, 0.05) is 41.9 Å². The molecule has 2 aromatic carbocycles. The maximum Gasteiger partial charge on any atom is 0.257 e. The molecule has 1 fully saturated rings. The molecule has 0 bridgehead atoms. The molecule has 1 N–H and O–H groups in total. The third kappa shape index (κ3) is 4.06. The number of anilines is 1. The molecule has 148 valence electrons. The average Bonchev–Trinajstić information content (AvgIpc) is 2.72. The van der Waals surface area contributed by atoms with E-state index in [1.807, 2.05) is 24.3 Å². The van der Waals surface area contributed by atoms with Crippen molar-refractivity contribution < 1.29 is 13.9 Å². The fourth-order valence-corrected chi connectivity index (χ4v) is 4.16. The number of hydrogen-bond donors (Lipinski definition) is 1. The van der Waals surface area contributed by atoms with Gasteiger partial charge in [-0.1, -0.05) is 28.1 Å². The first kappa shape index (κ1) is 19.4. The van der Waals surface area contributed by atoms with Crippen molar-refractivity contribution in [3.63, 3.8) is 0 Å². The molecule has 2 heterocycles. The van der Waals surface area contributed by atoms with E-state index in [4.69, 9.17) is 4.74 Å². The number of halogens is 2. The fourth-order valence-electron chi connectivity index (χ4n) is 3.78. The lowest BCUT2D eigenvalue weighted by Gasteiger charge is -2.39. The van der Waals surface area contributed by atoms with Crippen LogP contribution in [-0.2, 0) is 4.74 Å². The van der Waals surface area contributed by atoms with Gasteiger partial charge in [-0.2, -0.15) is 0 Å². The lowest BCUT2D eigenvalue weighted by molar-refractivity contribution is 0.0348. The van der Waals surface area contributed by atoms with Crippen molar-refractivity contribution in [3.05, 3.63) is 63.9 Å². The van der Waals surface area contributed by atoms with Gasteiger partial charge in [-0.3, -0.25) is 9.69 Å². The Morgan fingerprint density at radius 3 is 2.75 bits per heavy atom. The Labute approximate surface area is 172 Å². The van der Waals surface area contributed by atoms with Gasteiger partial charge in [0.2, 0.25) is 0 Å². The topological polar surface area (TPSA) is 44.8 Å². The Morgan fingerprint density at radius 2 is 1.93 bits per heavy atom. The minimum atomic E-state index is -0.537. The van der Waals surface area contributed by atoms with Crippen molar-refractivity contribution in [2.45, 2.75) is 12.6 Å². The van der Waals surface area contributed by atoms with E-state index in [0.717, 1.165) is 49.4 Å². The highest BCUT2D eigenvalue weighted by Crippen LogP contribution is 2.35. The molecule has 1 atom stereocenters. The van der Waals surface area contributed by atoms with E-state index in [0.29, 0.717) is 17.7 Å². The molecule has 0 aliphatic carbocycles. The second kappa shape index (κ2) is 8.59. The monoisotopic (exact) mass is 447 g/mol. The average molecular weight is 448 g/mol. The SMILES string of the molecule is O=C1c2ccccc2N[C@@H](c2cc(Br)ccc2F)N1CCCN1CCOCC1. The summed E-state index contributed by atoms with van der Waals surface area (Å²) in [5, 5.41) is 3.36. The third-order valence-corrected chi connectivity index (χ3v) is 5.75. The number of nitrogens with zero attached hydrogens (tertiary/aromatic N) is 2. The Bertz CT molecular complexity index is 857. The molecule has 0 saturated carbocycles. The lowest BCUT2D eigenvalue weighted by Crippen LogP contribution is -2.45. The van der Waals surface area contributed by atoms with Gasteiger partial charge in [0.15, 0.2) is 0 Å². The highest BCUT2D eigenvalue weighted by molar-refractivity contribution is 9.10. The predicted molar refractivity (Wildman–Crippen MR) is 110 cm³/mol. The van der Waals surface area contributed by atoms with Gasteiger partial charge in [-0.25, -0.2) is 4.39 Å². The zero-order valence-electron chi connectivity index (χ0n) is 15.5. The molecule has 2 aliphatic rings. The molecule has 7 heteroatoms. The van der Waals surface area contributed by atoms with Crippen LogP contribution in [0.3, 0.4) is 0 Å². The van der Waals surface area contributed by atoms with Crippen LogP contribution < -0.4 is 5.32 Å². The van der Waals surface area contributed by atoms with Crippen molar-refractivity contribution in [1.29, 1.82) is 0 Å². The number of ether oxygens (including phenoxy) is 1. The fraction of sp³-hybridized carbons (Fsp3) is 0.381. The van der Waals surface area contributed by atoms with Crippen LogP contribution in [0.5, 0.6) is 0 Å². The molecular weight excluding hydrogens is 425 g/mol. The number of amides is 1. The highest BCUT2D eigenvalue weighted by Gasteiger charge is 2.34. The van der Waals surface area contributed by atoms with Gasteiger partial charge in [-0.05, 0) is 36.8 Å². The second-order valence-corrected chi connectivity index (χ2v) is 7.98. The van der Waals surface area contributed by atoms with E-state index < -0.39 is 6.17 Å². The normalized spacial score (nSPS) is 20.0. The Kier molecular flexibility index (Phi) is 5.94. The molecule has 2 aromatic rings. The van der Waals surface area contributed by atoms with Crippen LogP contribution in [0.2, 0.25) is 0 Å². The summed E-state index contributed by atoms with van der Waals surface area (Å²) in [4.78, 5) is 17.3. The highest BCUT2D eigenvalue weighted by atomic mass is 79.9. The van der Waals surface area contributed by atoms with Crippen molar-refractivity contribution in [1.82, 2.24) is 9.80 Å². The first-order valence-corrected chi connectivity index (χ1v) is 10.3. The van der Waals surface area contributed by atoms with Crippen LogP contribution >= 0.6 is 15.9 Å². The predicted octanol–water partition coefficient (Wildman–Crippen LogP) is 3.88. The first-order chi connectivity index (χ1) is 13.6. The molecule has 1 saturated heterocycles. The number of hydrogen-bond acceptors (Lipinski definition) is 4. The number of fused-ring (bicyclic) bond motifs is 1. The van der Waals surface area contributed by atoms with Crippen LogP contribution in [0.25, 0.3) is 0 Å². The Morgan fingerprint density at radius 1 is 1.14 bits per heavy atom. The maximum absolute atomic E-state index is 14.6. The van der Waals surface area contributed by atoms with E-state index in [9.17, 15) is 9.18 Å².